The summed E-state index contributed by atoms with van der Waals surface area (Å²) < 4.78 is 5.88. The molecule has 0 saturated heterocycles. The van der Waals surface area contributed by atoms with Gasteiger partial charge in [0.25, 0.3) is 0 Å². The molecule has 0 aliphatic carbocycles. The SMILES string of the molecule is CCCCC(CC)COc1nc(CC)nc(N)c1C. The summed E-state index contributed by atoms with van der Waals surface area (Å²) in [7, 11) is 0. The van der Waals surface area contributed by atoms with Gasteiger partial charge in [-0.15, -0.1) is 0 Å². The van der Waals surface area contributed by atoms with Crippen molar-refractivity contribution in [2.75, 3.05) is 12.3 Å². The Morgan fingerprint density at radius 2 is 1.95 bits per heavy atom. The highest BCUT2D eigenvalue weighted by Gasteiger charge is 2.12. The van der Waals surface area contributed by atoms with Gasteiger partial charge in [-0.3, -0.25) is 0 Å². The van der Waals surface area contributed by atoms with Crippen molar-refractivity contribution < 1.29 is 4.74 Å². The molecule has 1 aromatic rings. The molecule has 108 valence electrons. The highest BCUT2D eigenvalue weighted by molar-refractivity contribution is 5.44. The lowest BCUT2D eigenvalue weighted by molar-refractivity contribution is 0.224. The third-order valence-electron chi connectivity index (χ3n) is 3.50. The lowest BCUT2D eigenvalue weighted by Gasteiger charge is -2.16. The van der Waals surface area contributed by atoms with Crippen LogP contribution < -0.4 is 10.5 Å². The standard InChI is InChI=1S/C15H27N3O/c1-5-8-9-12(6-2)10-19-15-11(4)14(16)17-13(7-3)18-15/h12H,5-10H2,1-4H3,(H2,16,17,18). The number of nitrogens with two attached hydrogens (primary N) is 1. The first-order valence-corrected chi connectivity index (χ1v) is 7.38. The van der Waals surface area contributed by atoms with E-state index in [0.29, 0.717) is 17.6 Å². The Balaban J connectivity index is 2.67. The molecule has 1 aromatic heterocycles. The van der Waals surface area contributed by atoms with E-state index in [1.165, 1.54) is 19.3 Å². The average molecular weight is 265 g/mol. The Morgan fingerprint density at radius 1 is 1.21 bits per heavy atom. The maximum absolute atomic E-state index is 5.89. The van der Waals surface area contributed by atoms with Gasteiger partial charge in [-0.25, -0.2) is 4.98 Å². The van der Waals surface area contributed by atoms with Crippen LogP contribution in [-0.4, -0.2) is 16.6 Å². The van der Waals surface area contributed by atoms with Crippen LogP contribution in [0.15, 0.2) is 0 Å². The van der Waals surface area contributed by atoms with Crippen LogP contribution >= 0.6 is 0 Å². The molecule has 0 radical (unpaired) electrons. The lowest BCUT2D eigenvalue weighted by atomic mass is 10.0. The van der Waals surface area contributed by atoms with Crippen molar-refractivity contribution in [3.05, 3.63) is 11.4 Å². The minimum absolute atomic E-state index is 0.531. The number of ether oxygens (including phenoxy) is 1. The maximum Gasteiger partial charge on any atom is 0.221 e. The smallest absolute Gasteiger partial charge is 0.221 e. The van der Waals surface area contributed by atoms with E-state index in [-0.39, 0.29) is 0 Å². The maximum atomic E-state index is 5.89. The Kier molecular flexibility index (Phi) is 6.60. The molecule has 0 aromatic carbocycles. The van der Waals surface area contributed by atoms with E-state index in [0.717, 1.165) is 30.8 Å². The second-order valence-electron chi connectivity index (χ2n) is 5.04. The first-order valence-electron chi connectivity index (χ1n) is 7.38. The summed E-state index contributed by atoms with van der Waals surface area (Å²) in [5, 5.41) is 0. The fraction of sp³-hybridized carbons (Fsp3) is 0.733. The molecule has 2 N–H and O–H groups in total. The number of aryl methyl sites for hydroxylation is 1. The van der Waals surface area contributed by atoms with Gasteiger partial charge in [-0.05, 0) is 19.3 Å². The first-order chi connectivity index (χ1) is 9.12. The monoisotopic (exact) mass is 265 g/mol. The summed E-state index contributed by atoms with van der Waals surface area (Å²) >= 11 is 0. The normalized spacial score (nSPS) is 12.4. The number of unbranched alkanes of at least 4 members (excludes halogenated alkanes) is 1. The molecule has 0 spiro atoms. The van der Waals surface area contributed by atoms with Crippen LogP contribution in [0.4, 0.5) is 5.82 Å². The second-order valence-corrected chi connectivity index (χ2v) is 5.04. The predicted octanol–water partition coefficient (Wildman–Crippen LogP) is 3.52. The number of hydrogen-bond donors (Lipinski definition) is 1. The molecule has 0 aliphatic rings. The van der Waals surface area contributed by atoms with Crippen molar-refractivity contribution in [2.24, 2.45) is 5.92 Å². The number of rotatable bonds is 8. The molecule has 0 aliphatic heterocycles. The van der Waals surface area contributed by atoms with Gasteiger partial charge in [-0.1, -0.05) is 40.0 Å². The van der Waals surface area contributed by atoms with Gasteiger partial charge in [0.05, 0.1) is 12.2 Å². The molecule has 1 rings (SSSR count). The van der Waals surface area contributed by atoms with Crippen molar-refractivity contribution in [2.45, 2.75) is 59.8 Å². The van der Waals surface area contributed by atoms with Gasteiger partial charge in [0.1, 0.15) is 11.6 Å². The van der Waals surface area contributed by atoms with Crippen LogP contribution in [0.1, 0.15) is 57.8 Å². The van der Waals surface area contributed by atoms with E-state index in [2.05, 4.69) is 23.8 Å². The Labute approximate surface area is 116 Å². The third kappa shape index (κ3) is 4.69. The summed E-state index contributed by atoms with van der Waals surface area (Å²) in [4.78, 5) is 8.66. The lowest BCUT2D eigenvalue weighted by Crippen LogP contribution is -2.14. The van der Waals surface area contributed by atoms with E-state index >= 15 is 0 Å². The number of nitrogen functional groups attached to an aromatic ring is 1. The van der Waals surface area contributed by atoms with Crippen LogP contribution in [-0.2, 0) is 6.42 Å². The Morgan fingerprint density at radius 3 is 2.53 bits per heavy atom. The van der Waals surface area contributed by atoms with E-state index in [4.69, 9.17) is 10.5 Å². The molecule has 0 saturated carbocycles. The largest absolute Gasteiger partial charge is 0.477 e. The number of hydrogen-bond acceptors (Lipinski definition) is 4. The highest BCUT2D eigenvalue weighted by Crippen LogP contribution is 2.22. The van der Waals surface area contributed by atoms with Crippen LogP contribution in [0, 0.1) is 12.8 Å². The molecular formula is C15H27N3O. The number of anilines is 1. The molecule has 4 heteroatoms. The van der Waals surface area contributed by atoms with E-state index in [1.54, 1.807) is 0 Å². The van der Waals surface area contributed by atoms with Crippen LogP contribution in [0.25, 0.3) is 0 Å². The first kappa shape index (κ1) is 15.7. The zero-order chi connectivity index (χ0) is 14.3. The quantitative estimate of drug-likeness (QED) is 0.781. The minimum Gasteiger partial charge on any atom is -0.477 e. The fourth-order valence-corrected chi connectivity index (χ4v) is 1.95. The highest BCUT2D eigenvalue weighted by atomic mass is 16.5. The molecule has 1 unspecified atom stereocenters. The summed E-state index contributed by atoms with van der Waals surface area (Å²) in [6.07, 6.45) is 5.62. The minimum atomic E-state index is 0.531. The van der Waals surface area contributed by atoms with Gasteiger partial charge in [0.15, 0.2) is 0 Å². The van der Waals surface area contributed by atoms with E-state index in [9.17, 15) is 0 Å². The molecular weight excluding hydrogens is 238 g/mol. The van der Waals surface area contributed by atoms with Gasteiger partial charge in [-0.2, -0.15) is 4.98 Å². The molecule has 1 heterocycles. The van der Waals surface area contributed by atoms with Crippen molar-refractivity contribution >= 4 is 5.82 Å². The average Bonchev–Trinajstić information content (AvgIpc) is 2.43. The zero-order valence-electron chi connectivity index (χ0n) is 12.7. The molecule has 4 nitrogen and oxygen atoms in total. The van der Waals surface area contributed by atoms with Crippen molar-refractivity contribution in [3.8, 4) is 5.88 Å². The summed E-state index contributed by atoms with van der Waals surface area (Å²) in [6, 6.07) is 0. The topological polar surface area (TPSA) is 61.0 Å². The summed E-state index contributed by atoms with van der Waals surface area (Å²) in [5.74, 6) is 2.53. The number of aromatic nitrogens is 2. The van der Waals surface area contributed by atoms with Crippen molar-refractivity contribution in [1.29, 1.82) is 0 Å². The summed E-state index contributed by atoms with van der Waals surface area (Å²) in [5.41, 5.74) is 6.73. The van der Waals surface area contributed by atoms with Gasteiger partial charge < -0.3 is 10.5 Å². The van der Waals surface area contributed by atoms with E-state index in [1.807, 2.05) is 13.8 Å². The molecule has 0 amide bonds. The van der Waals surface area contributed by atoms with E-state index < -0.39 is 0 Å². The second kappa shape index (κ2) is 7.97. The fourth-order valence-electron chi connectivity index (χ4n) is 1.95. The molecule has 0 fully saturated rings. The van der Waals surface area contributed by atoms with Crippen molar-refractivity contribution in [3.63, 3.8) is 0 Å². The Hall–Kier alpha value is -1.32. The Bertz CT molecular complexity index is 393. The molecule has 19 heavy (non-hydrogen) atoms. The van der Waals surface area contributed by atoms with Gasteiger partial charge in [0, 0.05) is 6.42 Å². The predicted molar refractivity (Wildman–Crippen MR) is 79.4 cm³/mol. The zero-order valence-corrected chi connectivity index (χ0v) is 12.7. The molecule has 0 bridgehead atoms. The molecule has 1 atom stereocenters. The van der Waals surface area contributed by atoms with Gasteiger partial charge in [0.2, 0.25) is 5.88 Å². The van der Waals surface area contributed by atoms with Crippen LogP contribution in [0.3, 0.4) is 0 Å². The van der Waals surface area contributed by atoms with Crippen molar-refractivity contribution in [1.82, 2.24) is 9.97 Å². The van der Waals surface area contributed by atoms with Crippen LogP contribution in [0.5, 0.6) is 5.88 Å². The summed E-state index contributed by atoms with van der Waals surface area (Å²) in [6.45, 7) is 9.08. The van der Waals surface area contributed by atoms with Crippen LogP contribution in [0.2, 0.25) is 0 Å². The third-order valence-corrected chi connectivity index (χ3v) is 3.50. The van der Waals surface area contributed by atoms with Gasteiger partial charge >= 0.3 is 0 Å². The number of nitrogens with zero attached hydrogens (tertiary/aromatic N) is 2.